The van der Waals surface area contributed by atoms with Gasteiger partial charge in [0.05, 0.1) is 19.3 Å². The summed E-state index contributed by atoms with van der Waals surface area (Å²) in [6.07, 6.45) is 3.74. The number of ether oxygens (including phenoxy) is 1. The molecule has 1 saturated heterocycles. The highest BCUT2D eigenvalue weighted by Crippen LogP contribution is 2.19. The van der Waals surface area contributed by atoms with Crippen molar-refractivity contribution in [3.63, 3.8) is 0 Å². The number of morpholine rings is 1. The largest absolute Gasteiger partial charge is 0.379 e. The molecular weight excluding hydrogens is 204 g/mol. The van der Waals surface area contributed by atoms with Gasteiger partial charge in [-0.05, 0) is 6.92 Å². The van der Waals surface area contributed by atoms with Gasteiger partial charge >= 0.3 is 0 Å². The van der Waals surface area contributed by atoms with E-state index in [0.717, 1.165) is 37.7 Å². The van der Waals surface area contributed by atoms with Gasteiger partial charge in [-0.2, -0.15) is 0 Å². The lowest BCUT2D eigenvalue weighted by Gasteiger charge is -2.33. The van der Waals surface area contributed by atoms with Gasteiger partial charge in [0.2, 0.25) is 0 Å². The third kappa shape index (κ3) is 2.55. The zero-order valence-electron chi connectivity index (χ0n) is 9.59. The van der Waals surface area contributed by atoms with Crippen molar-refractivity contribution in [2.75, 3.05) is 32.8 Å². The summed E-state index contributed by atoms with van der Waals surface area (Å²) in [4.78, 5) is 10.8. The maximum absolute atomic E-state index is 5.84. The summed E-state index contributed by atoms with van der Waals surface area (Å²) < 4.78 is 5.34. The van der Waals surface area contributed by atoms with Crippen molar-refractivity contribution < 1.29 is 4.74 Å². The monoisotopic (exact) mass is 222 g/mol. The van der Waals surface area contributed by atoms with Gasteiger partial charge in [0, 0.05) is 37.6 Å². The molecule has 0 bridgehead atoms. The van der Waals surface area contributed by atoms with Crippen molar-refractivity contribution >= 4 is 0 Å². The summed E-state index contributed by atoms with van der Waals surface area (Å²) in [6, 6.07) is 0.212. The van der Waals surface area contributed by atoms with E-state index in [1.54, 1.807) is 0 Å². The molecule has 1 aromatic heterocycles. The lowest BCUT2D eigenvalue weighted by Crippen LogP contribution is -2.41. The zero-order valence-corrected chi connectivity index (χ0v) is 9.59. The predicted octanol–water partition coefficient (Wildman–Crippen LogP) is 0.117. The van der Waals surface area contributed by atoms with Crippen LogP contribution in [0, 0.1) is 6.92 Å². The quantitative estimate of drug-likeness (QED) is 0.786. The van der Waals surface area contributed by atoms with Crippen LogP contribution < -0.4 is 5.73 Å². The van der Waals surface area contributed by atoms with E-state index < -0.39 is 0 Å². The Morgan fingerprint density at radius 3 is 2.56 bits per heavy atom. The van der Waals surface area contributed by atoms with E-state index in [9.17, 15) is 0 Å². The molecule has 88 valence electrons. The molecule has 1 fully saturated rings. The predicted molar refractivity (Wildman–Crippen MR) is 61.0 cm³/mol. The lowest BCUT2D eigenvalue weighted by atomic mass is 10.1. The second kappa shape index (κ2) is 5.34. The highest BCUT2D eigenvalue weighted by Gasteiger charge is 2.21. The number of nitrogens with zero attached hydrogens (tertiary/aromatic N) is 3. The van der Waals surface area contributed by atoms with E-state index in [1.807, 2.05) is 19.3 Å². The molecule has 0 amide bonds. The van der Waals surface area contributed by atoms with E-state index in [-0.39, 0.29) is 6.04 Å². The summed E-state index contributed by atoms with van der Waals surface area (Å²) >= 11 is 0. The standard InChI is InChI=1S/C11H18N4O/c1-9-13-7-10(8-14-9)11(6-12)15-2-4-16-5-3-15/h7-8,11H,2-6,12H2,1H3/t11-/m1/s1. The molecule has 5 heteroatoms. The van der Waals surface area contributed by atoms with Crippen molar-refractivity contribution in [1.29, 1.82) is 0 Å². The Bertz CT molecular complexity index is 321. The van der Waals surface area contributed by atoms with Crippen LogP contribution in [0.15, 0.2) is 12.4 Å². The molecule has 0 saturated carbocycles. The van der Waals surface area contributed by atoms with Crippen LogP contribution in [0.3, 0.4) is 0 Å². The average Bonchev–Trinajstić information content (AvgIpc) is 2.34. The Labute approximate surface area is 95.6 Å². The van der Waals surface area contributed by atoms with E-state index >= 15 is 0 Å². The third-order valence-corrected chi connectivity index (χ3v) is 2.90. The second-order valence-corrected chi connectivity index (χ2v) is 3.96. The highest BCUT2D eigenvalue weighted by molar-refractivity contribution is 5.11. The van der Waals surface area contributed by atoms with Gasteiger partial charge in [-0.25, -0.2) is 9.97 Å². The third-order valence-electron chi connectivity index (χ3n) is 2.90. The second-order valence-electron chi connectivity index (χ2n) is 3.96. The van der Waals surface area contributed by atoms with Crippen molar-refractivity contribution in [2.45, 2.75) is 13.0 Å². The topological polar surface area (TPSA) is 64.3 Å². The Balaban J connectivity index is 2.11. The first kappa shape index (κ1) is 11.4. The van der Waals surface area contributed by atoms with Crippen molar-refractivity contribution in [3.05, 3.63) is 23.8 Å². The van der Waals surface area contributed by atoms with Crippen molar-refractivity contribution in [3.8, 4) is 0 Å². The number of hydrogen-bond acceptors (Lipinski definition) is 5. The maximum Gasteiger partial charge on any atom is 0.125 e. The number of nitrogens with two attached hydrogens (primary N) is 1. The molecule has 2 N–H and O–H groups in total. The summed E-state index contributed by atoms with van der Waals surface area (Å²) in [7, 11) is 0. The smallest absolute Gasteiger partial charge is 0.125 e. The molecule has 16 heavy (non-hydrogen) atoms. The first-order valence-corrected chi connectivity index (χ1v) is 5.61. The maximum atomic E-state index is 5.84. The molecular formula is C11H18N4O. The Morgan fingerprint density at radius 2 is 2.00 bits per heavy atom. The summed E-state index contributed by atoms with van der Waals surface area (Å²) in [5, 5.41) is 0. The minimum atomic E-state index is 0.212. The fourth-order valence-corrected chi connectivity index (χ4v) is 1.96. The van der Waals surface area contributed by atoms with Gasteiger partial charge in [-0.3, -0.25) is 4.90 Å². The summed E-state index contributed by atoms with van der Waals surface area (Å²) in [6.45, 7) is 5.89. The highest BCUT2D eigenvalue weighted by atomic mass is 16.5. The molecule has 0 radical (unpaired) electrons. The van der Waals surface area contributed by atoms with Crippen LogP contribution in [0.2, 0.25) is 0 Å². The number of rotatable bonds is 3. The van der Waals surface area contributed by atoms with Gasteiger partial charge in [0.1, 0.15) is 5.82 Å². The number of hydrogen-bond donors (Lipinski definition) is 1. The first-order chi connectivity index (χ1) is 7.81. The molecule has 1 aliphatic rings. The van der Waals surface area contributed by atoms with Gasteiger partial charge in [-0.15, -0.1) is 0 Å². The molecule has 1 atom stereocenters. The molecule has 0 aliphatic carbocycles. The molecule has 2 rings (SSSR count). The Hall–Kier alpha value is -1.04. The molecule has 1 aromatic rings. The lowest BCUT2D eigenvalue weighted by molar-refractivity contribution is 0.0177. The molecule has 2 heterocycles. The normalized spacial score (nSPS) is 19.6. The van der Waals surface area contributed by atoms with Crippen LogP contribution in [-0.4, -0.2) is 47.7 Å². The van der Waals surface area contributed by atoms with E-state index in [4.69, 9.17) is 10.5 Å². The van der Waals surface area contributed by atoms with Crippen molar-refractivity contribution in [2.24, 2.45) is 5.73 Å². The fourth-order valence-electron chi connectivity index (χ4n) is 1.96. The summed E-state index contributed by atoms with van der Waals surface area (Å²) in [5.41, 5.74) is 6.93. The van der Waals surface area contributed by atoms with Gasteiger partial charge in [0.25, 0.3) is 0 Å². The molecule has 0 aromatic carbocycles. The summed E-state index contributed by atoms with van der Waals surface area (Å²) in [5.74, 6) is 0.793. The zero-order chi connectivity index (χ0) is 11.4. The number of aromatic nitrogens is 2. The van der Waals surface area contributed by atoms with Crippen LogP contribution in [-0.2, 0) is 4.74 Å². The van der Waals surface area contributed by atoms with Crippen LogP contribution >= 0.6 is 0 Å². The number of aryl methyl sites for hydroxylation is 1. The van der Waals surface area contributed by atoms with E-state index in [2.05, 4.69) is 14.9 Å². The Morgan fingerprint density at radius 1 is 1.38 bits per heavy atom. The minimum Gasteiger partial charge on any atom is -0.379 e. The fraction of sp³-hybridized carbons (Fsp3) is 0.636. The SMILES string of the molecule is Cc1ncc([C@@H](CN)N2CCOCC2)cn1. The van der Waals surface area contributed by atoms with Gasteiger partial charge in [-0.1, -0.05) is 0 Å². The van der Waals surface area contributed by atoms with E-state index in [0.29, 0.717) is 6.54 Å². The molecule has 1 aliphatic heterocycles. The van der Waals surface area contributed by atoms with Crippen LogP contribution in [0.5, 0.6) is 0 Å². The van der Waals surface area contributed by atoms with Gasteiger partial charge in [0.15, 0.2) is 0 Å². The first-order valence-electron chi connectivity index (χ1n) is 5.61. The average molecular weight is 222 g/mol. The van der Waals surface area contributed by atoms with Crippen LogP contribution in [0.1, 0.15) is 17.4 Å². The van der Waals surface area contributed by atoms with Crippen LogP contribution in [0.25, 0.3) is 0 Å². The van der Waals surface area contributed by atoms with Crippen molar-refractivity contribution in [1.82, 2.24) is 14.9 Å². The Kier molecular flexibility index (Phi) is 3.82. The molecule has 0 spiro atoms. The van der Waals surface area contributed by atoms with E-state index in [1.165, 1.54) is 0 Å². The molecule has 5 nitrogen and oxygen atoms in total. The molecule has 0 unspecified atom stereocenters. The van der Waals surface area contributed by atoms with Gasteiger partial charge < -0.3 is 10.5 Å². The van der Waals surface area contributed by atoms with Crippen LogP contribution in [0.4, 0.5) is 0 Å². The minimum absolute atomic E-state index is 0.212.